The van der Waals surface area contributed by atoms with E-state index in [-0.39, 0.29) is 35.7 Å². The smallest absolute Gasteiger partial charge is 0.187 e. The number of methoxy groups -OCH3 is 3. The van der Waals surface area contributed by atoms with E-state index in [1.807, 2.05) is 20.8 Å². The fraction of sp³-hybridized carbons (Fsp3) is 0.958. The van der Waals surface area contributed by atoms with Gasteiger partial charge >= 0.3 is 0 Å². The number of ether oxygens (including phenoxy) is 14. The summed E-state index contributed by atoms with van der Waals surface area (Å²) in [4.78, 5) is 0. The Bertz CT molecular complexity index is 1810. The highest BCUT2D eigenvalue weighted by Crippen LogP contribution is 2.72. The van der Waals surface area contributed by atoms with E-state index in [9.17, 15) is 30.6 Å². The normalized spacial score (nSPS) is 56.6. The molecular formula is C48H76O20. The van der Waals surface area contributed by atoms with E-state index in [2.05, 4.69) is 13.0 Å². The molecule has 6 N–H and O–H groups in total. The Hall–Kier alpha value is -1.06. The van der Waals surface area contributed by atoms with E-state index in [1.54, 1.807) is 21.1 Å². The predicted molar refractivity (Wildman–Crippen MR) is 231 cm³/mol. The standard InChI is InChI=1S/C48H76O20/c1-21-40(65-35-15-30(56-7)41(22(2)61-35)66-36-16-31(57-8)42(23(3)62-36)67-44-39(53)38(52)37(51)32(18-49)64-44)29(55-6)14-34(60-21)63-28-13-24-9-10-26-25(45(24,4)17-27(28)50)11-12-47-20-59-46(5)43(47)33(19-58-46)68-48(26,47)54/h9,21-23,25-44,49-54H,10-20H2,1-8H3. The third-order valence-corrected chi connectivity index (χ3v) is 18.1. The van der Waals surface area contributed by atoms with Crippen molar-refractivity contribution in [2.45, 2.75) is 220 Å². The molecule has 27 unspecified atom stereocenters. The van der Waals surface area contributed by atoms with Crippen molar-refractivity contribution in [2.24, 2.45) is 28.6 Å². The lowest BCUT2D eigenvalue weighted by Gasteiger charge is -2.60. The Morgan fingerprint density at radius 3 is 1.84 bits per heavy atom. The molecule has 27 atom stereocenters. The number of fused-ring (bicyclic) bond motifs is 4. The molecule has 68 heavy (non-hydrogen) atoms. The molecule has 388 valence electrons. The Kier molecular flexibility index (Phi) is 14.1. The predicted octanol–water partition coefficient (Wildman–Crippen LogP) is 0.761. The molecule has 2 saturated carbocycles. The molecule has 7 aliphatic heterocycles. The molecule has 1 spiro atoms. The number of rotatable bonds is 12. The van der Waals surface area contributed by atoms with Gasteiger partial charge in [0, 0.05) is 46.5 Å². The van der Waals surface area contributed by atoms with Crippen LogP contribution in [0, 0.1) is 28.6 Å². The monoisotopic (exact) mass is 972 g/mol. The van der Waals surface area contributed by atoms with Crippen LogP contribution in [0.3, 0.4) is 0 Å². The summed E-state index contributed by atoms with van der Waals surface area (Å²) in [6, 6.07) is 0. The number of allylic oxidation sites excluding steroid dienone is 1. The van der Waals surface area contributed by atoms with Crippen LogP contribution in [0.15, 0.2) is 11.6 Å². The van der Waals surface area contributed by atoms with E-state index in [1.165, 1.54) is 12.7 Å². The Morgan fingerprint density at radius 2 is 1.26 bits per heavy atom. The van der Waals surface area contributed by atoms with Crippen LogP contribution in [0.5, 0.6) is 0 Å². The number of aliphatic hydroxyl groups excluding tert-OH is 5. The number of aliphatic hydroxyl groups is 6. The molecule has 7 saturated heterocycles. The van der Waals surface area contributed by atoms with Crippen LogP contribution in [0.1, 0.15) is 86.0 Å². The van der Waals surface area contributed by atoms with Crippen molar-refractivity contribution in [2.75, 3.05) is 41.2 Å². The summed E-state index contributed by atoms with van der Waals surface area (Å²) in [6.07, 6.45) is -8.85. The number of hydrogen-bond acceptors (Lipinski definition) is 20. The van der Waals surface area contributed by atoms with Crippen molar-refractivity contribution in [1.82, 2.24) is 0 Å². The highest BCUT2D eigenvalue weighted by Gasteiger charge is 2.80. The quantitative estimate of drug-likeness (QED) is 0.148. The summed E-state index contributed by atoms with van der Waals surface area (Å²) in [5.74, 6) is -2.04. The average molecular weight is 973 g/mol. The topological polar surface area (TPSA) is 251 Å². The van der Waals surface area contributed by atoms with Gasteiger partial charge in [-0.15, -0.1) is 0 Å². The van der Waals surface area contributed by atoms with E-state index in [0.29, 0.717) is 45.3 Å². The second kappa shape index (κ2) is 19.0. The van der Waals surface area contributed by atoms with Gasteiger partial charge < -0.3 is 97.0 Å². The number of hydrogen-bond donors (Lipinski definition) is 6. The molecule has 10 aliphatic rings. The minimum absolute atomic E-state index is 0.00381. The molecule has 3 aliphatic carbocycles. The average Bonchev–Trinajstić information content (AvgIpc) is 3.91. The van der Waals surface area contributed by atoms with Crippen LogP contribution in [0.25, 0.3) is 0 Å². The summed E-state index contributed by atoms with van der Waals surface area (Å²) < 4.78 is 87.3. The maximum absolute atomic E-state index is 12.6. The zero-order valence-electron chi connectivity index (χ0n) is 40.5. The van der Waals surface area contributed by atoms with Crippen LogP contribution < -0.4 is 0 Å². The van der Waals surface area contributed by atoms with Crippen molar-refractivity contribution < 1.29 is 97.0 Å². The first-order valence-corrected chi connectivity index (χ1v) is 24.9. The molecule has 0 aromatic carbocycles. The minimum atomic E-state index is -1.59. The van der Waals surface area contributed by atoms with E-state index < -0.39 is 140 Å². The van der Waals surface area contributed by atoms with Gasteiger partial charge in [0.15, 0.2) is 36.7 Å². The van der Waals surface area contributed by atoms with E-state index in [0.717, 1.165) is 12.8 Å². The molecule has 0 radical (unpaired) electrons. The van der Waals surface area contributed by atoms with Crippen LogP contribution in [0.2, 0.25) is 0 Å². The summed E-state index contributed by atoms with van der Waals surface area (Å²) in [6.45, 7) is 10.1. The van der Waals surface area contributed by atoms with Gasteiger partial charge in [0.1, 0.15) is 42.7 Å². The first-order valence-electron chi connectivity index (χ1n) is 24.9. The first kappa shape index (κ1) is 50.5. The molecule has 20 heteroatoms. The van der Waals surface area contributed by atoms with Gasteiger partial charge in [0.05, 0.1) is 86.1 Å². The fourth-order valence-electron chi connectivity index (χ4n) is 14.6. The van der Waals surface area contributed by atoms with Crippen LogP contribution in [-0.2, 0) is 66.3 Å². The first-order chi connectivity index (χ1) is 32.4. The Labute approximate surface area is 397 Å². The Morgan fingerprint density at radius 1 is 0.691 bits per heavy atom. The van der Waals surface area contributed by atoms with Gasteiger partial charge in [-0.3, -0.25) is 0 Å². The zero-order chi connectivity index (χ0) is 48.2. The Balaban J connectivity index is 0.729. The van der Waals surface area contributed by atoms with Crippen LogP contribution in [0.4, 0.5) is 0 Å². The van der Waals surface area contributed by atoms with Gasteiger partial charge in [-0.2, -0.15) is 0 Å². The highest BCUT2D eigenvalue weighted by molar-refractivity contribution is 5.30. The van der Waals surface area contributed by atoms with E-state index >= 15 is 0 Å². The van der Waals surface area contributed by atoms with Crippen molar-refractivity contribution >= 4 is 0 Å². The lowest BCUT2D eigenvalue weighted by atomic mass is 9.47. The molecule has 10 rings (SSSR count). The van der Waals surface area contributed by atoms with E-state index in [4.69, 9.17) is 66.3 Å². The second-order valence-corrected chi connectivity index (χ2v) is 21.7. The van der Waals surface area contributed by atoms with Gasteiger partial charge in [0.2, 0.25) is 0 Å². The molecular weight excluding hydrogens is 897 g/mol. The maximum Gasteiger partial charge on any atom is 0.187 e. The molecule has 7 heterocycles. The van der Waals surface area contributed by atoms with Gasteiger partial charge in [-0.1, -0.05) is 18.6 Å². The molecule has 20 nitrogen and oxygen atoms in total. The summed E-state index contributed by atoms with van der Waals surface area (Å²) in [5.41, 5.74) is 0.418. The third-order valence-electron chi connectivity index (χ3n) is 18.1. The SMILES string of the molecule is COC1CC(OC2CC3=CCC4C(CCC56COC7(C)OCC(OC45O)C76)C3(C)CC2O)OC(C)C1OC1CC(OC)C(OC2CC(OC)C(OC3OC(CO)C(O)C(O)C3O)C(C)O2)C(C)O1. The van der Waals surface area contributed by atoms with Gasteiger partial charge in [-0.05, 0) is 71.1 Å². The van der Waals surface area contributed by atoms with Crippen molar-refractivity contribution in [3.05, 3.63) is 11.6 Å². The molecule has 0 aromatic heterocycles. The fourth-order valence-corrected chi connectivity index (χ4v) is 14.6. The minimum Gasteiger partial charge on any atom is -0.394 e. The van der Waals surface area contributed by atoms with Gasteiger partial charge in [0.25, 0.3) is 0 Å². The molecule has 0 aromatic rings. The summed E-state index contributed by atoms with van der Waals surface area (Å²) in [5, 5.41) is 65.2. The summed E-state index contributed by atoms with van der Waals surface area (Å²) >= 11 is 0. The lowest BCUT2D eigenvalue weighted by Crippen LogP contribution is -2.63. The lowest BCUT2D eigenvalue weighted by molar-refractivity contribution is -0.357. The third kappa shape index (κ3) is 8.20. The summed E-state index contributed by atoms with van der Waals surface area (Å²) in [7, 11) is 4.76. The van der Waals surface area contributed by atoms with Crippen molar-refractivity contribution in [3.8, 4) is 0 Å². The van der Waals surface area contributed by atoms with Crippen LogP contribution >= 0.6 is 0 Å². The second-order valence-electron chi connectivity index (χ2n) is 21.7. The molecule has 9 fully saturated rings. The van der Waals surface area contributed by atoms with Crippen molar-refractivity contribution in [1.29, 1.82) is 0 Å². The molecule has 0 amide bonds. The molecule has 0 bridgehead atoms. The van der Waals surface area contributed by atoms with Crippen LogP contribution in [-0.4, -0.2) is 206 Å². The van der Waals surface area contributed by atoms with Crippen molar-refractivity contribution in [3.63, 3.8) is 0 Å². The maximum atomic E-state index is 12.6. The largest absolute Gasteiger partial charge is 0.394 e. The highest BCUT2D eigenvalue weighted by atomic mass is 16.8. The zero-order valence-corrected chi connectivity index (χ0v) is 40.5. The van der Waals surface area contributed by atoms with Gasteiger partial charge in [-0.25, -0.2) is 0 Å².